The Morgan fingerprint density at radius 2 is 2.12 bits per heavy atom. The van der Waals surface area contributed by atoms with Crippen LogP contribution in [0.2, 0.25) is 0 Å². The molecule has 0 spiro atoms. The average Bonchev–Trinajstić information content (AvgIpc) is 2.32. The summed E-state index contributed by atoms with van der Waals surface area (Å²) in [5, 5.41) is 8.75. The molecule has 0 unspecified atom stereocenters. The first-order chi connectivity index (χ1) is 7.83. The number of carbonyl (C=O) groups excluding carboxylic acids is 1. The summed E-state index contributed by atoms with van der Waals surface area (Å²) >= 11 is 1.60. The van der Waals surface area contributed by atoms with Gasteiger partial charge in [-0.2, -0.15) is 0 Å². The molecule has 0 radical (unpaired) electrons. The van der Waals surface area contributed by atoms with E-state index in [2.05, 4.69) is 0 Å². The van der Waals surface area contributed by atoms with Gasteiger partial charge in [-0.3, -0.25) is 4.79 Å². The third-order valence-corrected chi connectivity index (χ3v) is 3.65. The molecule has 0 fully saturated rings. The van der Waals surface area contributed by atoms with Gasteiger partial charge in [0.1, 0.15) is 0 Å². The quantitative estimate of drug-likeness (QED) is 0.813. The van der Waals surface area contributed by atoms with Gasteiger partial charge in [0.2, 0.25) is 5.91 Å². The third-order valence-electron chi connectivity index (χ3n) is 2.60. The molecule has 1 N–H and O–H groups in total. The molecule has 1 aliphatic rings. The molecule has 1 aliphatic heterocycles. The van der Waals surface area contributed by atoms with Crippen molar-refractivity contribution in [3.05, 3.63) is 24.3 Å². The first-order valence-corrected chi connectivity index (χ1v) is 6.44. The van der Waals surface area contributed by atoms with Gasteiger partial charge in [0.25, 0.3) is 0 Å². The van der Waals surface area contributed by atoms with Gasteiger partial charge in [0.05, 0.1) is 11.4 Å². The van der Waals surface area contributed by atoms with Crippen LogP contribution in [0.5, 0.6) is 0 Å². The maximum Gasteiger partial charge on any atom is 0.237 e. The van der Waals surface area contributed by atoms with E-state index >= 15 is 0 Å². The van der Waals surface area contributed by atoms with E-state index in [0.717, 1.165) is 18.5 Å². The zero-order chi connectivity index (χ0) is 11.4. The number of amides is 1. The van der Waals surface area contributed by atoms with Crippen LogP contribution in [0.15, 0.2) is 29.2 Å². The van der Waals surface area contributed by atoms with Crippen LogP contribution in [-0.2, 0) is 4.79 Å². The topological polar surface area (TPSA) is 40.5 Å². The number of rotatable bonds is 4. The van der Waals surface area contributed by atoms with Crippen molar-refractivity contribution < 1.29 is 9.90 Å². The summed E-state index contributed by atoms with van der Waals surface area (Å²) in [5.74, 6) is 0.692. The van der Waals surface area contributed by atoms with Gasteiger partial charge in [0.15, 0.2) is 0 Å². The minimum Gasteiger partial charge on any atom is -0.396 e. The number of benzene rings is 1. The standard InChI is InChI=1S/C12H15NO2S/c14-8-4-3-7-13-10-5-1-2-6-11(10)16-9-12(13)15/h1-2,5-6,14H,3-4,7-9H2. The number of fused-ring (bicyclic) bond motifs is 1. The minimum absolute atomic E-state index is 0.168. The number of aliphatic hydroxyl groups is 1. The van der Waals surface area contributed by atoms with Crippen molar-refractivity contribution in [3.63, 3.8) is 0 Å². The fraction of sp³-hybridized carbons (Fsp3) is 0.417. The number of para-hydroxylation sites is 1. The van der Waals surface area contributed by atoms with Crippen LogP contribution in [0.25, 0.3) is 0 Å². The molecular formula is C12H15NO2S. The zero-order valence-electron chi connectivity index (χ0n) is 9.06. The number of thioether (sulfide) groups is 1. The molecule has 4 heteroatoms. The van der Waals surface area contributed by atoms with Crippen molar-refractivity contribution >= 4 is 23.4 Å². The van der Waals surface area contributed by atoms with Crippen molar-refractivity contribution in [1.82, 2.24) is 0 Å². The average molecular weight is 237 g/mol. The van der Waals surface area contributed by atoms with Crippen LogP contribution >= 0.6 is 11.8 Å². The van der Waals surface area contributed by atoms with Crippen LogP contribution in [-0.4, -0.2) is 29.9 Å². The highest BCUT2D eigenvalue weighted by atomic mass is 32.2. The summed E-state index contributed by atoms with van der Waals surface area (Å²) in [6.07, 6.45) is 1.60. The molecule has 0 bridgehead atoms. The van der Waals surface area contributed by atoms with Crippen LogP contribution in [0.4, 0.5) is 5.69 Å². The molecular weight excluding hydrogens is 222 g/mol. The normalized spacial score (nSPS) is 15.1. The lowest BCUT2D eigenvalue weighted by Gasteiger charge is -2.28. The maximum absolute atomic E-state index is 11.8. The fourth-order valence-corrected chi connectivity index (χ4v) is 2.72. The molecule has 1 aromatic rings. The summed E-state index contributed by atoms with van der Waals surface area (Å²) in [6.45, 7) is 0.898. The first kappa shape index (κ1) is 11.5. The largest absolute Gasteiger partial charge is 0.396 e. The Bertz CT molecular complexity index is 381. The molecule has 0 aromatic heterocycles. The van der Waals surface area contributed by atoms with Gasteiger partial charge in [0, 0.05) is 18.0 Å². The summed E-state index contributed by atoms with van der Waals surface area (Å²) in [6, 6.07) is 7.98. The highest BCUT2D eigenvalue weighted by Gasteiger charge is 2.23. The zero-order valence-corrected chi connectivity index (χ0v) is 9.87. The number of carbonyl (C=O) groups is 1. The van der Waals surface area contributed by atoms with Gasteiger partial charge in [-0.15, -0.1) is 11.8 Å². The predicted octanol–water partition coefficient (Wildman–Crippen LogP) is 1.90. The van der Waals surface area contributed by atoms with Crippen molar-refractivity contribution in [2.75, 3.05) is 23.8 Å². The molecule has 0 saturated heterocycles. The van der Waals surface area contributed by atoms with E-state index in [0.29, 0.717) is 12.3 Å². The lowest BCUT2D eigenvalue weighted by molar-refractivity contribution is -0.116. The molecule has 1 amide bonds. The lowest BCUT2D eigenvalue weighted by atomic mass is 10.2. The highest BCUT2D eigenvalue weighted by molar-refractivity contribution is 8.00. The maximum atomic E-state index is 11.8. The Kier molecular flexibility index (Phi) is 3.85. The van der Waals surface area contributed by atoms with Crippen molar-refractivity contribution in [1.29, 1.82) is 0 Å². The van der Waals surface area contributed by atoms with Gasteiger partial charge < -0.3 is 10.0 Å². The third kappa shape index (κ3) is 2.39. The van der Waals surface area contributed by atoms with E-state index in [1.807, 2.05) is 29.2 Å². The monoisotopic (exact) mass is 237 g/mol. The fourth-order valence-electron chi connectivity index (χ4n) is 1.78. The molecule has 16 heavy (non-hydrogen) atoms. The number of hydrogen-bond acceptors (Lipinski definition) is 3. The van der Waals surface area contributed by atoms with E-state index in [1.54, 1.807) is 11.8 Å². The minimum atomic E-state index is 0.168. The lowest BCUT2D eigenvalue weighted by Crippen LogP contribution is -2.36. The number of hydrogen-bond donors (Lipinski definition) is 1. The summed E-state index contributed by atoms with van der Waals surface area (Å²) < 4.78 is 0. The molecule has 1 heterocycles. The van der Waals surface area contributed by atoms with E-state index in [9.17, 15) is 4.79 Å². The number of unbranched alkanes of at least 4 members (excludes halogenated alkanes) is 1. The van der Waals surface area contributed by atoms with Crippen molar-refractivity contribution in [2.24, 2.45) is 0 Å². The number of nitrogens with zero attached hydrogens (tertiary/aromatic N) is 1. The Labute approximate surface area is 99.5 Å². The Hall–Kier alpha value is -1.00. The smallest absolute Gasteiger partial charge is 0.237 e. The second-order valence-electron chi connectivity index (χ2n) is 3.73. The number of aliphatic hydroxyl groups excluding tert-OH is 1. The van der Waals surface area contributed by atoms with Gasteiger partial charge >= 0.3 is 0 Å². The van der Waals surface area contributed by atoms with Crippen molar-refractivity contribution in [3.8, 4) is 0 Å². The van der Waals surface area contributed by atoms with Crippen LogP contribution < -0.4 is 4.90 Å². The number of anilines is 1. The second kappa shape index (κ2) is 5.37. The van der Waals surface area contributed by atoms with E-state index in [-0.39, 0.29) is 12.5 Å². The van der Waals surface area contributed by atoms with E-state index in [4.69, 9.17) is 5.11 Å². The predicted molar refractivity (Wildman–Crippen MR) is 65.8 cm³/mol. The summed E-state index contributed by atoms with van der Waals surface area (Å²) in [5.41, 5.74) is 1.02. The van der Waals surface area contributed by atoms with Crippen LogP contribution in [0.3, 0.4) is 0 Å². The summed E-state index contributed by atoms with van der Waals surface area (Å²) in [4.78, 5) is 14.8. The molecule has 86 valence electrons. The molecule has 0 atom stereocenters. The van der Waals surface area contributed by atoms with E-state index in [1.165, 1.54) is 4.90 Å². The van der Waals surface area contributed by atoms with Crippen molar-refractivity contribution in [2.45, 2.75) is 17.7 Å². The summed E-state index contributed by atoms with van der Waals surface area (Å²) in [7, 11) is 0. The Morgan fingerprint density at radius 1 is 1.31 bits per heavy atom. The van der Waals surface area contributed by atoms with E-state index < -0.39 is 0 Å². The van der Waals surface area contributed by atoms with Crippen LogP contribution in [0.1, 0.15) is 12.8 Å². The molecule has 2 rings (SSSR count). The molecule has 1 aromatic carbocycles. The van der Waals surface area contributed by atoms with Gasteiger partial charge in [-0.05, 0) is 25.0 Å². The highest BCUT2D eigenvalue weighted by Crippen LogP contribution is 2.34. The van der Waals surface area contributed by atoms with Crippen LogP contribution in [0, 0.1) is 0 Å². The van der Waals surface area contributed by atoms with Gasteiger partial charge in [-0.25, -0.2) is 0 Å². The van der Waals surface area contributed by atoms with Gasteiger partial charge in [-0.1, -0.05) is 12.1 Å². The Balaban J connectivity index is 2.13. The molecule has 0 saturated carbocycles. The Morgan fingerprint density at radius 3 is 2.94 bits per heavy atom. The first-order valence-electron chi connectivity index (χ1n) is 5.46. The SMILES string of the molecule is O=C1CSc2ccccc2N1CCCCO. The molecule has 3 nitrogen and oxygen atoms in total. The second-order valence-corrected chi connectivity index (χ2v) is 4.75. The molecule has 0 aliphatic carbocycles.